The monoisotopic (exact) mass is 741 g/mol. The summed E-state index contributed by atoms with van der Waals surface area (Å²) in [4.78, 5) is 36.8. The van der Waals surface area contributed by atoms with Crippen LogP contribution in [-0.4, -0.2) is 19.9 Å². The number of fused-ring (bicyclic) bond motifs is 16. The molecule has 6 aromatic rings. The molecule has 0 aromatic carbocycles. The van der Waals surface area contributed by atoms with Gasteiger partial charge >= 0.3 is 37.5 Å². The number of hydrogen-bond acceptors (Lipinski definition) is 5. The van der Waals surface area contributed by atoms with Crippen molar-refractivity contribution in [3.8, 4) is 0 Å². The van der Waals surface area contributed by atoms with Crippen LogP contribution in [0, 0.1) is 0 Å². The Balaban J connectivity index is 0.000000149. The van der Waals surface area contributed by atoms with Crippen LogP contribution < -0.4 is 19.9 Å². The van der Waals surface area contributed by atoms with Crippen molar-refractivity contribution in [1.82, 2.24) is 39.9 Å². The molecule has 4 aliphatic rings. The van der Waals surface area contributed by atoms with Crippen LogP contribution >= 0.6 is 0 Å². The number of rotatable bonds is 0. The van der Waals surface area contributed by atoms with Crippen molar-refractivity contribution in [3.05, 3.63) is 143 Å². The molecule has 0 spiro atoms. The molecule has 0 aliphatic carbocycles. The fraction of sp³-hybridized carbons (Fsp3) is 0. The van der Waals surface area contributed by atoms with E-state index in [-0.39, 0.29) is 16.5 Å². The molecule has 0 N–H and O–H groups in total. The number of hydrogen-bond donors (Lipinski definition) is 0. The summed E-state index contributed by atoms with van der Waals surface area (Å²) in [5, 5.41) is 0. The zero-order chi connectivity index (χ0) is 33.9. The topological polar surface area (TPSA) is 125 Å². The van der Waals surface area contributed by atoms with Crippen LogP contribution in [-0.2, 0) is 37.5 Å². The predicted octanol–water partition coefficient (Wildman–Crippen LogP) is 7.70. The molecule has 0 fully saturated rings. The van der Waals surface area contributed by atoms with E-state index in [1.807, 2.05) is 146 Å². The summed E-state index contributed by atoms with van der Waals surface area (Å²) in [5.41, 5.74) is 14.3. The van der Waals surface area contributed by atoms with E-state index in [2.05, 4.69) is 39.9 Å². The van der Waals surface area contributed by atoms with Crippen LogP contribution in [0.3, 0.4) is 0 Å². The maximum absolute atomic E-state index is 8.19. The molecule has 11 heteroatoms. The maximum atomic E-state index is 8.19. The SMILES string of the molecule is C1=Cc2cc3ccc(cc4nc(cc5ccc(cc1n2)[n-]5)C=C4)[n-]3.C1=Cc2cc3ccc(cc4nc(cc5ccc(cc1n2)[n-]5)C=C4)[n-]3.[Ni+2].[O]=[V+2]. The molecule has 6 aromatic heterocycles. The number of nitrogens with zero attached hydrogens (tertiary/aromatic N) is 8. The van der Waals surface area contributed by atoms with Gasteiger partial charge in [-0.25, -0.2) is 19.9 Å². The summed E-state index contributed by atoms with van der Waals surface area (Å²) < 4.78 is 8.19. The standard InChI is InChI=1S/2C20H12N4.Ni.O.V/c2*1-2-14-10-16-5-6-18(23-16)12-20-8-7-19(24-20)11-17-4-3-15(22-17)9-13(1)21-14;;;/h2*1-12H;;;/q2*-2;+2;;+2. The second-order valence-electron chi connectivity index (χ2n) is 11.5. The Morgan fingerprint density at radius 2 is 0.431 bits per heavy atom. The second-order valence-corrected chi connectivity index (χ2v) is 11.5. The van der Waals surface area contributed by atoms with Crippen molar-refractivity contribution >= 4 is 92.7 Å². The average Bonchev–Trinajstić information content (AvgIpc) is 3.95. The van der Waals surface area contributed by atoms with Gasteiger partial charge in [-0.05, 0) is 48.6 Å². The van der Waals surface area contributed by atoms with Crippen molar-refractivity contribution in [2.45, 2.75) is 0 Å². The van der Waals surface area contributed by atoms with Crippen LogP contribution in [0.5, 0.6) is 0 Å². The van der Waals surface area contributed by atoms with Crippen molar-refractivity contribution < 1.29 is 37.5 Å². The molecule has 10 heterocycles. The third kappa shape index (κ3) is 8.11. The molecular weight excluding hydrogens is 718 g/mol. The molecule has 0 saturated carbocycles. The van der Waals surface area contributed by atoms with E-state index in [1.54, 1.807) is 0 Å². The van der Waals surface area contributed by atoms with E-state index >= 15 is 0 Å². The molecule has 51 heavy (non-hydrogen) atoms. The summed E-state index contributed by atoms with van der Waals surface area (Å²) in [6, 6.07) is 31.7. The fourth-order valence-corrected chi connectivity index (χ4v) is 5.65. The molecule has 4 aliphatic heterocycles. The fourth-order valence-electron chi connectivity index (χ4n) is 5.65. The van der Waals surface area contributed by atoms with Crippen LogP contribution in [0.15, 0.2) is 97.1 Å². The summed E-state index contributed by atoms with van der Waals surface area (Å²) >= 11 is 1.06. The zero-order valence-electron chi connectivity index (χ0n) is 26.6. The summed E-state index contributed by atoms with van der Waals surface area (Å²) in [5.74, 6) is 0. The molecule has 0 amide bonds. The predicted molar refractivity (Wildman–Crippen MR) is 194 cm³/mol. The molecule has 9 nitrogen and oxygen atoms in total. The number of aromatic nitrogens is 8. The normalized spacial score (nSPS) is 12.0. The Bertz CT molecular complexity index is 2190. The van der Waals surface area contributed by atoms with Gasteiger partial charge in [0, 0.05) is 0 Å². The van der Waals surface area contributed by atoms with Crippen molar-refractivity contribution in [2.75, 3.05) is 0 Å². The van der Waals surface area contributed by atoms with Gasteiger partial charge in [0.05, 0.1) is 45.6 Å². The van der Waals surface area contributed by atoms with Gasteiger partial charge in [0.25, 0.3) is 0 Å². The van der Waals surface area contributed by atoms with E-state index in [4.69, 9.17) is 3.67 Å². The van der Waals surface area contributed by atoms with Crippen LogP contribution in [0.1, 0.15) is 45.6 Å². The first kappa shape index (κ1) is 33.6. The van der Waals surface area contributed by atoms with Crippen molar-refractivity contribution in [2.24, 2.45) is 0 Å². The molecule has 0 unspecified atom stereocenters. The zero-order valence-corrected chi connectivity index (χ0v) is 29.0. The molecule has 245 valence electrons. The van der Waals surface area contributed by atoms with E-state index in [0.29, 0.717) is 0 Å². The van der Waals surface area contributed by atoms with Crippen molar-refractivity contribution in [3.63, 3.8) is 0 Å². The Morgan fingerprint density at radius 1 is 0.294 bits per heavy atom. The van der Waals surface area contributed by atoms with Gasteiger partial charge < -0.3 is 19.9 Å². The second kappa shape index (κ2) is 14.9. The van der Waals surface area contributed by atoms with Gasteiger partial charge in [-0.1, -0.05) is 97.1 Å². The quantitative estimate of drug-likeness (QED) is 0.144. The summed E-state index contributed by atoms with van der Waals surface area (Å²) in [7, 11) is 0. The molecule has 0 atom stereocenters. The van der Waals surface area contributed by atoms with Crippen LogP contribution in [0.4, 0.5) is 0 Å². The van der Waals surface area contributed by atoms with Gasteiger partial charge in [-0.2, -0.15) is 0 Å². The van der Waals surface area contributed by atoms with Gasteiger partial charge in [0.15, 0.2) is 0 Å². The molecular formula is C40H24N8NiOV. The first-order chi connectivity index (χ1) is 24.6. The first-order valence-electron chi connectivity index (χ1n) is 15.7. The van der Waals surface area contributed by atoms with Crippen LogP contribution in [0.2, 0.25) is 0 Å². The Morgan fingerprint density at radius 3 is 0.569 bits per heavy atom. The van der Waals surface area contributed by atoms with E-state index in [1.165, 1.54) is 0 Å². The van der Waals surface area contributed by atoms with Gasteiger partial charge in [0.2, 0.25) is 0 Å². The summed E-state index contributed by atoms with van der Waals surface area (Å²) in [6.45, 7) is 0. The Labute approximate surface area is 311 Å². The van der Waals surface area contributed by atoms with E-state index in [9.17, 15) is 0 Å². The third-order valence-electron chi connectivity index (χ3n) is 7.83. The van der Waals surface area contributed by atoms with Crippen molar-refractivity contribution in [1.29, 1.82) is 0 Å². The minimum atomic E-state index is 0. The van der Waals surface area contributed by atoms with Crippen LogP contribution in [0.25, 0.3) is 92.7 Å². The molecule has 10 rings (SSSR count). The van der Waals surface area contributed by atoms with Gasteiger partial charge in [-0.15, -0.1) is 44.1 Å². The summed E-state index contributed by atoms with van der Waals surface area (Å²) in [6.07, 6.45) is 15.9. The molecule has 0 saturated heterocycles. The average molecular weight is 742 g/mol. The Kier molecular flexibility index (Phi) is 9.81. The molecule has 16 bridgehead atoms. The van der Waals surface area contributed by atoms with Gasteiger partial charge in [-0.3, -0.25) is 0 Å². The first-order valence-corrected chi connectivity index (χ1v) is 16.2. The van der Waals surface area contributed by atoms with E-state index < -0.39 is 0 Å². The minimum absolute atomic E-state index is 0. The van der Waals surface area contributed by atoms with E-state index in [0.717, 1.165) is 107 Å². The third-order valence-corrected chi connectivity index (χ3v) is 7.83. The van der Waals surface area contributed by atoms with Gasteiger partial charge in [0.1, 0.15) is 0 Å². The molecule has 0 radical (unpaired) electrons. The Hall–Kier alpha value is -5.92.